The van der Waals surface area contributed by atoms with Crippen LogP contribution in [0.1, 0.15) is 25.5 Å². The Morgan fingerprint density at radius 1 is 1.44 bits per heavy atom. The van der Waals surface area contributed by atoms with Crippen molar-refractivity contribution >= 4 is 28.6 Å². The van der Waals surface area contributed by atoms with Crippen molar-refractivity contribution in [2.24, 2.45) is 0 Å². The van der Waals surface area contributed by atoms with Gasteiger partial charge in [-0.2, -0.15) is 11.3 Å². The summed E-state index contributed by atoms with van der Waals surface area (Å²) in [5.74, 6) is -0.189. The molecule has 0 saturated heterocycles. The van der Waals surface area contributed by atoms with E-state index in [0.717, 1.165) is 29.1 Å². The Morgan fingerprint density at radius 3 is 3.06 bits per heavy atom. The Kier molecular flexibility index (Phi) is 4.90. The third-order valence-corrected chi connectivity index (χ3v) is 4.03. The van der Waals surface area contributed by atoms with Gasteiger partial charge in [-0.05, 0) is 17.9 Å². The van der Waals surface area contributed by atoms with E-state index in [2.05, 4.69) is 17.3 Å². The highest BCUT2D eigenvalue weighted by Crippen LogP contribution is 2.25. The lowest BCUT2D eigenvalue weighted by Gasteiger charge is -2.01. The number of hydrogen-bond donors (Lipinski definition) is 0. The SMILES string of the molecule is CCCCOC(=O)Cc1csc(-c2ccsc2)n1. The van der Waals surface area contributed by atoms with Gasteiger partial charge in [-0.1, -0.05) is 13.3 Å². The van der Waals surface area contributed by atoms with Gasteiger partial charge >= 0.3 is 5.97 Å². The van der Waals surface area contributed by atoms with Crippen LogP contribution in [0, 0.1) is 0 Å². The highest BCUT2D eigenvalue weighted by molar-refractivity contribution is 7.14. The summed E-state index contributed by atoms with van der Waals surface area (Å²) in [5, 5.41) is 6.97. The molecule has 0 N–H and O–H groups in total. The van der Waals surface area contributed by atoms with Crippen molar-refractivity contribution in [2.75, 3.05) is 6.61 Å². The molecule has 0 aromatic carbocycles. The predicted molar refractivity (Wildman–Crippen MR) is 75.0 cm³/mol. The number of carbonyl (C=O) groups excluding carboxylic acids is 1. The van der Waals surface area contributed by atoms with E-state index in [-0.39, 0.29) is 12.4 Å². The summed E-state index contributed by atoms with van der Waals surface area (Å²) < 4.78 is 5.11. The number of nitrogens with zero attached hydrogens (tertiary/aromatic N) is 1. The number of ether oxygens (including phenoxy) is 1. The second-order valence-electron chi connectivity index (χ2n) is 3.91. The molecule has 0 aliphatic rings. The summed E-state index contributed by atoms with van der Waals surface area (Å²) in [7, 11) is 0. The van der Waals surface area contributed by atoms with Crippen molar-refractivity contribution < 1.29 is 9.53 Å². The van der Waals surface area contributed by atoms with Crippen LogP contribution in [-0.2, 0) is 16.0 Å². The van der Waals surface area contributed by atoms with Crippen LogP contribution in [0.15, 0.2) is 22.2 Å². The molecule has 0 amide bonds. The van der Waals surface area contributed by atoms with Gasteiger partial charge in [0.2, 0.25) is 0 Å². The molecule has 0 atom stereocenters. The standard InChI is InChI=1S/C13H15NO2S2/c1-2-3-5-16-12(15)7-11-9-18-13(14-11)10-4-6-17-8-10/h4,6,8-9H,2-3,5,7H2,1H3. The fraction of sp³-hybridized carbons (Fsp3) is 0.385. The van der Waals surface area contributed by atoms with Gasteiger partial charge in [0, 0.05) is 16.3 Å². The fourth-order valence-corrected chi connectivity index (χ4v) is 2.97. The first kappa shape index (κ1) is 13.2. The molecule has 0 bridgehead atoms. The van der Waals surface area contributed by atoms with E-state index in [1.54, 1.807) is 22.7 Å². The third-order valence-electron chi connectivity index (χ3n) is 2.41. The molecule has 0 spiro atoms. The van der Waals surface area contributed by atoms with Crippen molar-refractivity contribution in [1.29, 1.82) is 0 Å². The van der Waals surface area contributed by atoms with Gasteiger partial charge in [0.05, 0.1) is 18.7 Å². The number of thiazole rings is 1. The van der Waals surface area contributed by atoms with Crippen LogP contribution in [0.3, 0.4) is 0 Å². The van der Waals surface area contributed by atoms with E-state index in [4.69, 9.17) is 4.74 Å². The molecule has 2 aromatic heterocycles. The van der Waals surface area contributed by atoms with Crippen LogP contribution in [0.5, 0.6) is 0 Å². The van der Waals surface area contributed by atoms with Crippen molar-refractivity contribution in [3.05, 3.63) is 27.9 Å². The lowest BCUT2D eigenvalue weighted by molar-refractivity contribution is -0.142. The summed E-state index contributed by atoms with van der Waals surface area (Å²) in [5.41, 5.74) is 1.92. The fourth-order valence-electron chi connectivity index (χ4n) is 1.44. The minimum Gasteiger partial charge on any atom is -0.465 e. The molecule has 2 aromatic rings. The van der Waals surface area contributed by atoms with Gasteiger partial charge in [-0.25, -0.2) is 4.98 Å². The first-order valence-electron chi connectivity index (χ1n) is 5.92. The maximum Gasteiger partial charge on any atom is 0.311 e. The van der Waals surface area contributed by atoms with E-state index in [0.29, 0.717) is 6.61 Å². The molecule has 0 fully saturated rings. The predicted octanol–water partition coefficient (Wildman–Crippen LogP) is 3.76. The van der Waals surface area contributed by atoms with Crippen LogP contribution < -0.4 is 0 Å². The minimum atomic E-state index is -0.189. The smallest absolute Gasteiger partial charge is 0.311 e. The van der Waals surface area contributed by atoms with Crippen LogP contribution >= 0.6 is 22.7 Å². The van der Waals surface area contributed by atoms with E-state index < -0.39 is 0 Å². The summed E-state index contributed by atoms with van der Waals surface area (Å²) in [4.78, 5) is 16.0. The third kappa shape index (κ3) is 3.65. The second kappa shape index (κ2) is 6.66. The normalized spacial score (nSPS) is 10.5. The highest BCUT2D eigenvalue weighted by atomic mass is 32.1. The van der Waals surface area contributed by atoms with Crippen LogP contribution in [0.4, 0.5) is 0 Å². The summed E-state index contributed by atoms with van der Waals surface area (Å²) in [6.07, 6.45) is 2.22. The number of unbranched alkanes of at least 4 members (excludes halogenated alkanes) is 1. The zero-order valence-corrected chi connectivity index (χ0v) is 11.9. The van der Waals surface area contributed by atoms with Crippen LogP contribution in [0.25, 0.3) is 10.6 Å². The Bertz CT molecular complexity index is 491. The molecule has 5 heteroatoms. The lowest BCUT2D eigenvalue weighted by Crippen LogP contribution is -2.09. The second-order valence-corrected chi connectivity index (χ2v) is 5.54. The quantitative estimate of drug-likeness (QED) is 0.598. The van der Waals surface area contributed by atoms with Crippen molar-refractivity contribution in [2.45, 2.75) is 26.2 Å². The van der Waals surface area contributed by atoms with Crippen molar-refractivity contribution in [3.8, 4) is 10.6 Å². The van der Waals surface area contributed by atoms with E-state index in [1.807, 2.05) is 16.8 Å². The first-order valence-corrected chi connectivity index (χ1v) is 7.74. The number of carbonyl (C=O) groups is 1. The Balaban J connectivity index is 1.89. The molecular formula is C13H15NO2S2. The molecule has 0 aliphatic heterocycles. The Labute approximate surface area is 114 Å². The van der Waals surface area contributed by atoms with E-state index in [9.17, 15) is 4.79 Å². The summed E-state index contributed by atoms with van der Waals surface area (Å²) in [6, 6.07) is 2.03. The minimum absolute atomic E-state index is 0.189. The molecule has 3 nitrogen and oxygen atoms in total. The van der Waals surface area contributed by atoms with Crippen molar-refractivity contribution in [1.82, 2.24) is 4.98 Å². The monoisotopic (exact) mass is 281 g/mol. The molecule has 96 valence electrons. The maximum absolute atomic E-state index is 11.5. The zero-order chi connectivity index (χ0) is 12.8. The summed E-state index contributed by atoms with van der Waals surface area (Å²) >= 11 is 3.21. The van der Waals surface area contributed by atoms with Gasteiger partial charge in [0.25, 0.3) is 0 Å². The summed E-state index contributed by atoms with van der Waals surface area (Å²) in [6.45, 7) is 2.58. The average molecular weight is 281 g/mol. The average Bonchev–Trinajstić information content (AvgIpc) is 2.98. The number of aromatic nitrogens is 1. The number of rotatable bonds is 6. The Hall–Kier alpha value is -1.20. The first-order chi connectivity index (χ1) is 8.79. The van der Waals surface area contributed by atoms with E-state index in [1.165, 1.54) is 0 Å². The number of thiophene rings is 1. The van der Waals surface area contributed by atoms with E-state index >= 15 is 0 Å². The van der Waals surface area contributed by atoms with Crippen molar-refractivity contribution in [3.63, 3.8) is 0 Å². The molecule has 0 radical (unpaired) electrons. The highest BCUT2D eigenvalue weighted by Gasteiger charge is 2.09. The maximum atomic E-state index is 11.5. The molecule has 0 saturated carbocycles. The molecule has 0 aliphatic carbocycles. The van der Waals surface area contributed by atoms with Gasteiger partial charge in [0.15, 0.2) is 0 Å². The van der Waals surface area contributed by atoms with Crippen LogP contribution in [0.2, 0.25) is 0 Å². The largest absolute Gasteiger partial charge is 0.465 e. The topological polar surface area (TPSA) is 39.2 Å². The van der Waals surface area contributed by atoms with Gasteiger partial charge in [-0.3, -0.25) is 4.79 Å². The van der Waals surface area contributed by atoms with Gasteiger partial charge < -0.3 is 4.74 Å². The molecule has 2 rings (SSSR count). The molecular weight excluding hydrogens is 266 g/mol. The van der Waals surface area contributed by atoms with Gasteiger partial charge in [0.1, 0.15) is 5.01 Å². The van der Waals surface area contributed by atoms with Gasteiger partial charge in [-0.15, -0.1) is 11.3 Å². The Morgan fingerprint density at radius 2 is 2.33 bits per heavy atom. The zero-order valence-electron chi connectivity index (χ0n) is 10.2. The molecule has 0 unspecified atom stereocenters. The lowest BCUT2D eigenvalue weighted by atomic mass is 10.3. The number of hydrogen-bond acceptors (Lipinski definition) is 5. The van der Waals surface area contributed by atoms with Crippen LogP contribution in [-0.4, -0.2) is 17.6 Å². The number of esters is 1. The molecule has 18 heavy (non-hydrogen) atoms. The molecule has 2 heterocycles.